The minimum Gasteiger partial charge on any atom is -0.287 e. The number of benzene rings is 1. The highest BCUT2D eigenvalue weighted by Crippen LogP contribution is 2.14. The molecule has 4 heteroatoms. The van der Waals surface area contributed by atoms with E-state index in [0.29, 0.717) is 11.3 Å². The first-order chi connectivity index (χ1) is 7.59. The summed E-state index contributed by atoms with van der Waals surface area (Å²) in [5, 5.41) is 3.92. The summed E-state index contributed by atoms with van der Waals surface area (Å²) in [4.78, 5) is 12.1. The minimum absolute atomic E-state index is 0.211. The highest BCUT2D eigenvalue weighted by molar-refractivity contribution is 6.08. The predicted molar refractivity (Wildman–Crippen MR) is 57.8 cm³/mol. The van der Waals surface area contributed by atoms with Crippen molar-refractivity contribution in [3.05, 3.63) is 53.1 Å². The molecule has 1 aromatic carbocycles. The van der Waals surface area contributed by atoms with E-state index in [9.17, 15) is 9.18 Å². The van der Waals surface area contributed by atoms with Gasteiger partial charge in [0.05, 0.1) is 0 Å². The first kappa shape index (κ1) is 10.5. The summed E-state index contributed by atoms with van der Waals surface area (Å²) in [6, 6.07) is 5.81. The van der Waals surface area contributed by atoms with Crippen molar-refractivity contribution in [2.24, 2.45) is 7.05 Å². The molecule has 0 aliphatic carbocycles. The summed E-state index contributed by atoms with van der Waals surface area (Å²) in [7, 11) is 1.68. The van der Waals surface area contributed by atoms with E-state index in [0.717, 1.165) is 5.56 Å². The zero-order valence-corrected chi connectivity index (χ0v) is 9.07. The van der Waals surface area contributed by atoms with Gasteiger partial charge in [0.2, 0.25) is 5.78 Å². The second-order valence-electron chi connectivity index (χ2n) is 3.63. The van der Waals surface area contributed by atoms with Crippen LogP contribution < -0.4 is 0 Å². The Morgan fingerprint density at radius 3 is 2.75 bits per heavy atom. The van der Waals surface area contributed by atoms with Crippen LogP contribution in [0.15, 0.2) is 30.5 Å². The zero-order chi connectivity index (χ0) is 11.7. The molecule has 0 radical (unpaired) electrons. The number of carbonyl (C=O) groups excluding carboxylic acids is 1. The van der Waals surface area contributed by atoms with E-state index in [2.05, 4.69) is 5.10 Å². The minimum atomic E-state index is -0.406. The van der Waals surface area contributed by atoms with E-state index in [-0.39, 0.29) is 5.78 Å². The Labute approximate surface area is 92.5 Å². The van der Waals surface area contributed by atoms with Crippen molar-refractivity contribution < 1.29 is 9.18 Å². The summed E-state index contributed by atoms with van der Waals surface area (Å²) in [6.45, 7) is 1.78. The number of rotatable bonds is 2. The van der Waals surface area contributed by atoms with Crippen LogP contribution in [0.4, 0.5) is 4.39 Å². The lowest BCUT2D eigenvalue weighted by Gasteiger charge is -2.05. The number of ketones is 1. The molecule has 2 rings (SSSR count). The second kappa shape index (κ2) is 3.89. The van der Waals surface area contributed by atoms with Gasteiger partial charge in [-0.1, -0.05) is 6.07 Å². The second-order valence-corrected chi connectivity index (χ2v) is 3.63. The van der Waals surface area contributed by atoms with Crippen molar-refractivity contribution in [2.75, 3.05) is 0 Å². The standard InChI is InChI=1S/C12H11FN2O/c1-8-3-4-9(13)7-10(8)12(16)11-5-6-14-15(11)2/h3-7H,1-2H3. The molecule has 0 saturated carbocycles. The van der Waals surface area contributed by atoms with Crippen molar-refractivity contribution in [1.82, 2.24) is 9.78 Å². The summed E-state index contributed by atoms with van der Waals surface area (Å²) in [6.07, 6.45) is 1.54. The molecule has 1 heterocycles. The molecule has 0 spiro atoms. The monoisotopic (exact) mass is 218 g/mol. The van der Waals surface area contributed by atoms with Crippen molar-refractivity contribution in [3.63, 3.8) is 0 Å². The van der Waals surface area contributed by atoms with E-state index in [1.165, 1.54) is 16.8 Å². The van der Waals surface area contributed by atoms with Gasteiger partial charge in [-0.05, 0) is 30.7 Å². The molecule has 0 aliphatic rings. The summed E-state index contributed by atoms with van der Waals surface area (Å²) in [5.41, 5.74) is 1.59. The fourth-order valence-electron chi connectivity index (χ4n) is 1.57. The lowest BCUT2D eigenvalue weighted by atomic mass is 10.0. The average molecular weight is 218 g/mol. The number of hydrogen-bond donors (Lipinski definition) is 0. The topological polar surface area (TPSA) is 34.9 Å². The van der Waals surface area contributed by atoms with Crippen molar-refractivity contribution in [1.29, 1.82) is 0 Å². The molecule has 82 valence electrons. The van der Waals surface area contributed by atoms with Gasteiger partial charge in [0, 0.05) is 18.8 Å². The Bertz CT molecular complexity index is 546. The lowest BCUT2D eigenvalue weighted by Crippen LogP contribution is -2.09. The van der Waals surface area contributed by atoms with Crippen LogP contribution in [0.5, 0.6) is 0 Å². The third-order valence-electron chi connectivity index (χ3n) is 2.50. The Balaban J connectivity index is 2.49. The van der Waals surface area contributed by atoms with Crippen molar-refractivity contribution >= 4 is 5.78 Å². The number of nitrogens with zero attached hydrogens (tertiary/aromatic N) is 2. The fourth-order valence-corrected chi connectivity index (χ4v) is 1.57. The molecule has 1 aromatic heterocycles. The quantitative estimate of drug-likeness (QED) is 0.723. The van der Waals surface area contributed by atoms with Gasteiger partial charge in [-0.25, -0.2) is 4.39 Å². The van der Waals surface area contributed by atoms with Gasteiger partial charge in [-0.3, -0.25) is 9.48 Å². The van der Waals surface area contributed by atoms with Gasteiger partial charge in [0.1, 0.15) is 11.5 Å². The smallest absolute Gasteiger partial charge is 0.211 e. The molecule has 0 amide bonds. The molecule has 0 atom stereocenters. The summed E-state index contributed by atoms with van der Waals surface area (Å²) >= 11 is 0. The van der Waals surface area contributed by atoms with Crippen LogP contribution in [0.25, 0.3) is 0 Å². The number of halogens is 1. The van der Waals surface area contributed by atoms with Gasteiger partial charge >= 0.3 is 0 Å². The van der Waals surface area contributed by atoms with E-state index < -0.39 is 5.82 Å². The molecule has 0 bridgehead atoms. The van der Waals surface area contributed by atoms with Crippen LogP contribution in [0.3, 0.4) is 0 Å². The maximum Gasteiger partial charge on any atom is 0.211 e. The molecule has 2 aromatic rings. The van der Waals surface area contributed by atoms with Gasteiger partial charge in [0.25, 0.3) is 0 Å². The fraction of sp³-hybridized carbons (Fsp3) is 0.167. The number of aromatic nitrogens is 2. The highest BCUT2D eigenvalue weighted by Gasteiger charge is 2.15. The summed E-state index contributed by atoms with van der Waals surface area (Å²) in [5.74, 6) is -0.617. The Morgan fingerprint density at radius 1 is 1.38 bits per heavy atom. The molecule has 0 saturated heterocycles. The van der Waals surface area contributed by atoms with Crippen LogP contribution >= 0.6 is 0 Å². The zero-order valence-electron chi connectivity index (χ0n) is 9.07. The predicted octanol–water partition coefficient (Wildman–Crippen LogP) is 2.10. The summed E-state index contributed by atoms with van der Waals surface area (Å²) < 4.78 is 14.6. The van der Waals surface area contributed by atoms with Crippen molar-refractivity contribution in [3.8, 4) is 0 Å². The number of hydrogen-bond acceptors (Lipinski definition) is 2. The first-order valence-corrected chi connectivity index (χ1v) is 4.88. The Morgan fingerprint density at radius 2 is 2.12 bits per heavy atom. The molecule has 0 N–H and O–H groups in total. The van der Waals surface area contributed by atoms with Crippen LogP contribution in [0.1, 0.15) is 21.6 Å². The third-order valence-corrected chi connectivity index (χ3v) is 2.50. The van der Waals surface area contributed by atoms with Crippen LogP contribution in [0, 0.1) is 12.7 Å². The SMILES string of the molecule is Cc1ccc(F)cc1C(=O)c1ccnn1C. The molecule has 0 unspecified atom stereocenters. The number of aryl methyl sites for hydroxylation is 2. The number of carbonyl (C=O) groups is 1. The largest absolute Gasteiger partial charge is 0.287 e. The van der Waals surface area contributed by atoms with Crippen LogP contribution in [-0.2, 0) is 7.05 Å². The first-order valence-electron chi connectivity index (χ1n) is 4.88. The normalized spacial score (nSPS) is 10.4. The molecule has 16 heavy (non-hydrogen) atoms. The maximum atomic E-state index is 13.1. The van der Waals surface area contributed by atoms with E-state index in [1.807, 2.05) is 0 Å². The van der Waals surface area contributed by atoms with Crippen molar-refractivity contribution in [2.45, 2.75) is 6.92 Å². The van der Waals surface area contributed by atoms with E-state index in [1.54, 1.807) is 32.3 Å². The highest BCUT2D eigenvalue weighted by atomic mass is 19.1. The Hall–Kier alpha value is -1.97. The van der Waals surface area contributed by atoms with Crippen LogP contribution in [-0.4, -0.2) is 15.6 Å². The molecule has 3 nitrogen and oxygen atoms in total. The third kappa shape index (κ3) is 1.74. The Kier molecular flexibility index (Phi) is 2.56. The van der Waals surface area contributed by atoms with Gasteiger partial charge in [0.15, 0.2) is 0 Å². The molecular formula is C12H11FN2O. The van der Waals surface area contributed by atoms with Gasteiger partial charge < -0.3 is 0 Å². The maximum absolute atomic E-state index is 13.1. The molecule has 0 fully saturated rings. The molecular weight excluding hydrogens is 207 g/mol. The van der Waals surface area contributed by atoms with Crippen LogP contribution in [0.2, 0.25) is 0 Å². The van der Waals surface area contributed by atoms with E-state index >= 15 is 0 Å². The molecule has 0 aliphatic heterocycles. The average Bonchev–Trinajstić information content (AvgIpc) is 2.67. The van der Waals surface area contributed by atoms with Gasteiger partial charge in [-0.2, -0.15) is 5.10 Å². The van der Waals surface area contributed by atoms with E-state index in [4.69, 9.17) is 0 Å². The lowest BCUT2D eigenvalue weighted by molar-refractivity contribution is 0.102. The van der Waals surface area contributed by atoms with Gasteiger partial charge in [-0.15, -0.1) is 0 Å².